The van der Waals surface area contributed by atoms with Gasteiger partial charge in [0.15, 0.2) is 11.5 Å². The monoisotopic (exact) mass is 497 g/mol. The van der Waals surface area contributed by atoms with Crippen LogP contribution in [0.5, 0.6) is 17.4 Å². The number of hydrogen-bond acceptors (Lipinski definition) is 6. The Labute approximate surface area is 192 Å². The van der Waals surface area contributed by atoms with Gasteiger partial charge in [-0.2, -0.15) is 17.5 Å². The highest BCUT2D eigenvalue weighted by Crippen LogP contribution is 2.36. The number of nitrogens with one attached hydrogen (secondary N) is 1. The highest BCUT2D eigenvalue weighted by Gasteiger charge is 2.33. The molecule has 7 nitrogen and oxygen atoms in total. The minimum absolute atomic E-state index is 0.0508. The molecule has 0 aliphatic heterocycles. The molecule has 1 amide bonds. The maximum absolute atomic E-state index is 13.5. The minimum atomic E-state index is -4.77. The van der Waals surface area contributed by atoms with E-state index >= 15 is 0 Å². The normalized spacial score (nSPS) is 11.6. The summed E-state index contributed by atoms with van der Waals surface area (Å²) in [6.45, 7) is 0. The fourth-order valence-corrected chi connectivity index (χ4v) is 3.40. The summed E-state index contributed by atoms with van der Waals surface area (Å²) in [4.78, 5) is 16.6. The van der Waals surface area contributed by atoms with E-state index in [0.29, 0.717) is 18.0 Å². The average Bonchev–Trinajstić information content (AvgIpc) is 2.73. The fraction of sp³-hybridized carbons (Fsp3) is 0.182. The summed E-state index contributed by atoms with van der Waals surface area (Å²) in [5.74, 6) is -2.16. The smallest absolute Gasteiger partial charge is 0.417 e. The topological polar surface area (TPSA) is 89.9 Å². The zero-order valence-electron chi connectivity index (χ0n) is 18.1. The number of pyridine rings is 1. The molecule has 1 heterocycles. The summed E-state index contributed by atoms with van der Waals surface area (Å²) in [7, 11) is -1.23. The first kappa shape index (κ1) is 25.0. The van der Waals surface area contributed by atoms with E-state index in [-0.39, 0.29) is 17.2 Å². The average molecular weight is 497 g/mol. The number of carbonyl (C=O) groups excluding carboxylic acids is 1. The van der Waals surface area contributed by atoms with Gasteiger partial charge in [0.25, 0.3) is 5.91 Å². The highest BCUT2D eigenvalue weighted by molar-refractivity contribution is 7.92. The number of carbonyl (C=O) groups is 1. The molecule has 3 rings (SSSR count). The molecule has 2 aromatic carbocycles. The number of hydrogen-bond donors (Lipinski definition) is 1. The van der Waals surface area contributed by atoms with Crippen molar-refractivity contribution in [2.45, 2.75) is 6.18 Å². The van der Waals surface area contributed by atoms with Gasteiger partial charge in [0.05, 0.1) is 18.4 Å². The van der Waals surface area contributed by atoms with Crippen LogP contribution in [0.15, 0.2) is 59.1 Å². The number of halogens is 4. The van der Waals surface area contributed by atoms with Crippen LogP contribution in [0.2, 0.25) is 0 Å². The third-order valence-corrected chi connectivity index (χ3v) is 4.84. The van der Waals surface area contributed by atoms with Crippen LogP contribution in [0, 0.1) is 5.82 Å². The summed E-state index contributed by atoms with van der Waals surface area (Å²) < 4.78 is 79.8. The Morgan fingerprint density at radius 2 is 1.82 bits per heavy atom. The van der Waals surface area contributed by atoms with E-state index in [1.54, 1.807) is 6.07 Å². The van der Waals surface area contributed by atoms with Crippen LogP contribution in [0.1, 0.15) is 15.9 Å². The Morgan fingerprint density at radius 3 is 2.47 bits per heavy atom. The van der Waals surface area contributed by atoms with Gasteiger partial charge in [0.2, 0.25) is 5.88 Å². The number of alkyl halides is 3. The first-order valence-corrected chi connectivity index (χ1v) is 11.9. The largest absolute Gasteiger partial charge is 0.493 e. The Morgan fingerprint density at radius 1 is 1.09 bits per heavy atom. The molecule has 0 atom stereocenters. The summed E-state index contributed by atoms with van der Waals surface area (Å²) in [6, 6.07) is 9.82. The van der Waals surface area contributed by atoms with Crippen LogP contribution in [-0.4, -0.2) is 34.7 Å². The number of rotatable bonds is 6. The molecule has 0 saturated carbocycles. The summed E-state index contributed by atoms with van der Waals surface area (Å²) in [5.41, 5.74) is -1.20. The van der Waals surface area contributed by atoms with Crippen molar-refractivity contribution >= 4 is 27.0 Å². The Balaban J connectivity index is 2.01. The van der Waals surface area contributed by atoms with Crippen molar-refractivity contribution in [3.63, 3.8) is 0 Å². The van der Waals surface area contributed by atoms with Crippen molar-refractivity contribution in [1.82, 2.24) is 4.98 Å². The molecule has 0 radical (unpaired) electrons. The van der Waals surface area contributed by atoms with Crippen molar-refractivity contribution in [1.29, 1.82) is 0 Å². The number of benzene rings is 2. The maximum Gasteiger partial charge on any atom is 0.417 e. The van der Waals surface area contributed by atoms with Crippen LogP contribution >= 0.6 is 0 Å². The number of methoxy groups -OCH3 is 1. The van der Waals surface area contributed by atoms with Crippen molar-refractivity contribution in [2.24, 2.45) is 4.36 Å². The van der Waals surface area contributed by atoms with Gasteiger partial charge in [-0.1, -0.05) is 6.07 Å². The lowest BCUT2D eigenvalue weighted by molar-refractivity contribution is -0.137. The molecule has 0 bridgehead atoms. The molecule has 34 heavy (non-hydrogen) atoms. The first-order valence-electron chi connectivity index (χ1n) is 9.53. The zero-order valence-corrected chi connectivity index (χ0v) is 19.0. The quantitative estimate of drug-likeness (QED) is 0.445. The number of aromatic nitrogens is 1. The Kier molecular flexibility index (Phi) is 7.10. The van der Waals surface area contributed by atoms with Crippen molar-refractivity contribution < 1.29 is 36.0 Å². The van der Waals surface area contributed by atoms with Gasteiger partial charge >= 0.3 is 6.18 Å². The lowest BCUT2D eigenvalue weighted by atomic mass is 10.1. The van der Waals surface area contributed by atoms with E-state index in [4.69, 9.17) is 9.47 Å². The van der Waals surface area contributed by atoms with Gasteiger partial charge in [-0.25, -0.2) is 13.6 Å². The molecule has 12 heteroatoms. The van der Waals surface area contributed by atoms with Gasteiger partial charge < -0.3 is 14.8 Å². The summed E-state index contributed by atoms with van der Waals surface area (Å²) in [6.07, 6.45) is -1.39. The minimum Gasteiger partial charge on any atom is -0.493 e. The van der Waals surface area contributed by atoms with Crippen LogP contribution < -0.4 is 14.8 Å². The van der Waals surface area contributed by atoms with Crippen LogP contribution in [0.25, 0.3) is 0 Å². The lowest BCUT2D eigenvalue weighted by Crippen LogP contribution is -2.16. The van der Waals surface area contributed by atoms with Gasteiger partial charge in [0.1, 0.15) is 11.4 Å². The predicted molar refractivity (Wildman–Crippen MR) is 119 cm³/mol. The molecule has 1 aromatic heterocycles. The van der Waals surface area contributed by atoms with Gasteiger partial charge in [0, 0.05) is 40.2 Å². The maximum atomic E-state index is 13.5. The van der Waals surface area contributed by atoms with E-state index in [0.717, 1.165) is 12.1 Å². The SMILES string of the molecule is COc1cc(F)ccc1Oc1ncc(C(F)(F)F)cc1C(=O)Nc1cccc(N=S(C)(C)=O)c1. The van der Waals surface area contributed by atoms with Crippen molar-refractivity contribution in [3.8, 4) is 17.4 Å². The standard InChI is InChI=1S/C22H19F4N3O4S/c1-32-19-10-14(23)7-8-18(19)33-21-17(9-13(12-27-21)22(24,25)26)20(30)28-15-5-4-6-16(11-15)29-34(2,3)31/h4-12H,1-3H3,(H,28,30). The predicted octanol–water partition coefficient (Wildman–Crippen LogP) is 5.65. The second-order valence-corrected chi connectivity index (χ2v) is 9.79. The fourth-order valence-electron chi connectivity index (χ4n) is 2.77. The molecule has 0 saturated heterocycles. The molecular weight excluding hydrogens is 478 g/mol. The second-order valence-electron chi connectivity index (χ2n) is 7.25. The molecule has 180 valence electrons. The molecule has 0 spiro atoms. The van der Waals surface area contributed by atoms with Gasteiger partial charge in [-0.15, -0.1) is 0 Å². The van der Waals surface area contributed by atoms with Crippen LogP contribution in [0.4, 0.5) is 28.9 Å². The van der Waals surface area contributed by atoms with Crippen LogP contribution in [-0.2, 0) is 15.9 Å². The van der Waals surface area contributed by atoms with Crippen molar-refractivity contribution in [2.75, 3.05) is 24.9 Å². The van der Waals surface area contributed by atoms with E-state index in [9.17, 15) is 26.6 Å². The third kappa shape index (κ3) is 6.44. The molecule has 0 aliphatic carbocycles. The molecule has 3 aromatic rings. The third-order valence-electron chi connectivity index (χ3n) is 4.18. The molecular formula is C22H19F4N3O4S. The molecule has 1 N–H and O–H groups in total. The first-order chi connectivity index (χ1) is 15.9. The van der Waals surface area contributed by atoms with E-state index in [1.807, 2.05) is 0 Å². The van der Waals surface area contributed by atoms with E-state index < -0.39 is 44.6 Å². The summed E-state index contributed by atoms with van der Waals surface area (Å²) in [5, 5.41) is 2.46. The lowest BCUT2D eigenvalue weighted by Gasteiger charge is -2.15. The zero-order chi connectivity index (χ0) is 25.1. The Bertz CT molecular complexity index is 1340. The summed E-state index contributed by atoms with van der Waals surface area (Å²) >= 11 is 0. The van der Waals surface area contributed by atoms with Gasteiger partial charge in [-0.3, -0.25) is 4.79 Å². The van der Waals surface area contributed by atoms with Gasteiger partial charge in [-0.05, 0) is 36.4 Å². The highest BCUT2D eigenvalue weighted by atomic mass is 32.2. The molecule has 0 aliphatic rings. The number of nitrogens with zero attached hydrogens (tertiary/aromatic N) is 2. The van der Waals surface area contributed by atoms with Crippen molar-refractivity contribution in [3.05, 3.63) is 71.7 Å². The molecule has 0 fully saturated rings. The number of amides is 1. The van der Waals surface area contributed by atoms with Crippen LogP contribution in [0.3, 0.4) is 0 Å². The van der Waals surface area contributed by atoms with E-state index in [2.05, 4.69) is 14.7 Å². The Hall–Kier alpha value is -3.67. The van der Waals surface area contributed by atoms with E-state index in [1.165, 1.54) is 43.9 Å². The number of ether oxygens (including phenoxy) is 2. The molecule has 0 unspecified atom stereocenters. The number of anilines is 1. The second kappa shape index (κ2) is 9.67.